The zero-order valence-electron chi connectivity index (χ0n) is 23.4. The Kier molecular flexibility index (Phi) is 8.41. The molecule has 2 N–H and O–H groups in total. The lowest BCUT2D eigenvalue weighted by Gasteiger charge is -2.40. The van der Waals surface area contributed by atoms with Gasteiger partial charge in [0, 0.05) is 37.9 Å². The summed E-state index contributed by atoms with van der Waals surface area (Å²) in [4.78, 5) is 41.2. The first kappa shape index (κ1) is 27.7. The number of hydrogen-bond donors (Lipinski definition) is 2. The summed E-state index contributed by atoms with van der Waals surface area (Å²) >= 11 is 1.62. The summed E-state index contributed by atoms with van der Waals surface area (Å²) in [7, 11) is 1.64. The second-order valence-corrected chi connectivity index (χ2v) is 10.8. The van der Waals surface area contributed by atoms with Crippen LogP contribution in [-0.2, 0) is 4.79 Å². The van der Waals surface area contributed by atoms with Gasteiger partial charge in [0.1, 0.15) is 11.9 Å². The van der Waals surface area contributed by atoms with Crippen LogP contribution in [0.3, 0.4) is 0 Å². The minimum atomic E-state index is -0.316. The van der Waals surface area contributed by atoms with Crippen LogP contribution in [-0.4, -0.2) is 81.6 Å². The van der Waals surface area contributed by atoms with E-state index in [-0.39, 0.29) is 23.9 Å². The van der Waals surface area contributed by atoms with Crippen molar-refractivity contribution in [1.29, 1.82) is 0 Å². The molecule has 4 aromatic heterocycles. The highest BCUT2D eigenvalue weighted by atomic mass is 32.1. The number of hydrogen-bond acceptors (Lipinski definition) is 8. The first-order valence-corrected chi connectivity index (χ1v) is 14.8. The molecule has 0 aliphatic carbocycles. The normalized spacial score (nSPS) is 15.7. The van der Waals surface area contributed by atoms with E-state index >= 15 is 0 Å². The Hall–Kier alpha value is -3.83. The van der Waals surface area contributed by atoms with Crippen molar-refractivity contribution in [1.82, 2.24) is 35.1 Å². The van der Waals surface area contributed by atoms with Crippen molar-refractivity contribution >= 4 is 34.6 Å². The van der Waals surface area contributed by atoms with Crippen molar-refractivity contribution < 1.29 is 9.59 Å². The fourth-order valence-corrected chi connectivity index (χ4v) is 5.92. The highest BCUT2D eigenvalue weighted by Crippen LogP contribution is 2.31. The summed E-state index contributed by atoms with van der Waals surface area (Å²) in [5.74, 6) is 0.357. The van der Waals surface area contributed by atoms with Gasteiger partial charge in [-0.1, -0.05) is 26.8 Å². The molecule has 2 amide bonds. The average Bonchev–Trinajstić information content (AvgIpc) is 3.64. The number of carbonyl (C=O) groups is 2. The number of rotatable bonds is 11. The van der Waals surface area contributed by atoms with Gasteiger partial charge in [0.15, 0.2) is 5.65 Å². The lowest BCUT2D eigenvalue weighted by atomic mass is 10.0. The summed E-state index contributed by atoms with van der Waals surface area (Å²) in [6, 6.07) is 9.48. The number of fused-ring (bicyclic) bond motifs is 1. The van der Waals surface area contributed by atoms with E-state index in [0.29, 0.717) is 35.8 Å². The smallest absolute Gasteiger partial charge is 0.251 e. The summed E-state index contributed by atoms with van der Waals surface area (Å²) in [5, 5.41) is 12.4. The van der Waals surface area contributed by atoms with Gasteiger partial charge in [0.05, 0.1) is 28.0 Å². The zero-order valence-corrected chi connectivity index (χ0v) is 24.2. The van der Waals surface area contributed by atoms with Crippen LogP contribution < -0.4 is 15.5 Å². The molecule has 2 atom stereocenters. The molecule has 11 heteroatoms. The number of carbonyl (C=O) groups excluding carboxylic acids is 2. The molecule has 2 unspecified atom stereocenters. The number of nitrogens with one attached hydrogen (secondary N) is 2. The fourth-order valence-electron chi connectivity index (χ4n) is 5.23. The van der Waals surface area contributed by atoms with E-state index in [1.54, 1.807) is 41.2 Å². The minimum absolute atomic E-state index is 0.0623. The largest absolute Gasteiger partial charge is 0.357 e. The third-order valence-corrected chi connectivity index (χ3v) is 8.55. The van der Waals surface area contributed by atoms with Crippen LogP contribution in [0.1, 0.15) is 44.0 Å². The van der Waals surface area contributed by atoms with E-state index in [9.17, 15) is 9.59 Å². The molecule has 1 saturated heterocycles. The van der Waals surface area contributed by atoms with Gasteiger partial charge >= 0.3 is 0 Å². The number of aromatic nitrogens is 4. The summed E-state index contributed by atoms with van der Waals surface area (Å²) in [6.45, 7) is 9.52. The van der Waals surface area contributed by atoms with E-state index in [4.69, 9.17) is 9.97 Å². The molecule has 1 fully saturated rings. The van der Waals surface area contributed by atoms with Crippen molar-refractivity contribution in [3.8, 4) is 21.8 Å². The van der Waals surface area contributed by atoms with Crippen LogP contribution in [0.5, 0.6) is 0 Å². The monoisotopic (exact) mass is 560 g/mol. The van der Waals surface area contributed by atoms with Gasteiger partial charge in [-0.3, -0.25) is 14.5 Å². The van der Waals surface area contributed by atoms with Gasteiger partial charge in [-0.2, -0.15) is 5.10 Å². The Balaban J connectivity index is 1.52. The lowest BCUT2D eigenvalue weighted by Crippen LogP contribution is -2.56. The number of anilines is 1. The fraction of sp³-hybridized carbons (Fsp3) is 0.414. The molecule has 210 valence electrons. The molecule has 5 heterocycles. The van der Waals surface area contributed by atoms with E-state index < -0.39 is 0 Å². The van der Waals surface area contributed by atoms with Crippen LogP contribution in [0.25, 0.3) is 27.5 Å². The van der Waals surface area contributed by atoms with Gasteiger partial charge in [0.25, 0.3) is 5.91 Å². The maximum Gasteiger partial charge on any atom is 0.251 e. The van der Waals surface area contributed by atoms with Crippen molar-refractivity contribution in [3.63, 3.8) is 0 Å². The SMILES string of the molecule is CCC(CNC(=O)c1cc(-c2cnn3ccc(-c4cccs4)nc23)nc(N2CCC2C(=O)NC)c1)N(CC)CC. The topological polar surface area (TPSA) is 108 Å². The van der Waals surface area contributed by atoms with Gasteiger partial charge in [-0.15, -0.1) is 11.3 Å². The van der Waals surface area contributed by atoms with Gasteiger partial charge in [0.2, 0.25) is 5.91 Å². The molecule has 0 aromatic carbocycles. The molecule has 4 aromatic rings. The summed E-state index contributed by atoms with van der Waals surface area (Å²) in [5.41, 5.74) is 3.31. The van der Waals surface area contributed by atoms with E-state index in [0.717, 1.165) is 42.1 Å². The van der Waals surface area contributed by atoms with Gasteiger partial charge in [-0.05, 0) is 55.6 Å². The van der Waals surface area contributed by atoms with Crippen LogP contribution in [0.4, 0.5) is 5.82 Å². The maximum atomic E-state index is 13.5. The number of nitrogens with zero attached hydrogens (tertiary/aromatic N) is 6. The summed E-state index contributed by atoms with van der Waals surface area (Å²) < 4.78 is 1.72. The predicted octanol–water partition coefficient (Wildman–Crippen LogP) is 3.69. The van der Waals surface area contributed by atoms with Crippen molar-refractivity contribution in [2.75, 3.05) is 38.1 Å². The van der Waals surface area contributed by atoms with E-state index in [1.807, 2.05) is 34.7 Å². The first-order chi connectivity index (χ1) is 19.5. The molecule has 40 heavy (non-hydrogen) atoms. The van der Waals surface area contributed by atoms with Gasteiger partial charge in [-0.25, -0.2) is 14.5 Å². The quantitative estimate of drug-likeness (QED) is 0.288. The maximum absolute atomic E-state index is 13.5. The number of likely N-dealkylation sites (N-methyl/N-ethyl adjacent to an activating group) is 2. The molecule has 5 rings (SSSR count). The first-order valence-electron chi connectivity index (χ1n) is 13.9. The minimum Gasteiger partial charge on any atom is -0.357 e. The second-order valence-electron chi connectivity index (χ2n) is 9.82. The van der Waals surface area contributed by atoms with Crippen molar-refractivity contribution in [3.05, 3.63) is 53.7 Å². The molecule has 0 radical (unpaired) electrons. The second kappa shape index (κ2) is 12.1. The van der Waals surface area contributed by atoms with Crippen LogP contribution in [0, 0.1) is 0 Å². The van der Waals surface area contributed by atoms with Crippen LogP contribution in [0.15, 0.2) is 48.1 Å². The molecular formula is C29H36N8O2S. The van der Waals surface area contributed by atoms with E-state index in [2.05, 4.69) is 41.4 Å². The molecule has 0 saturated carbocycles. The molecule has 10 nitrogen and oxygen atoms in total. The zero-order chi connectivity index (χ0) is 28.2. The predicted molar refractivity (Wildman–Crippen MR) is 159 cm³/mol. The standard InChI is InChI=1S/C29H36N8O2S/c1-5-20(35(6-2)7-3)17-31-28(38)19-15-23(33-26(16-19)36-12-11-24(36)29(39)30-4)21-18-32-37-13-10-22(34-27(21)37)25-9-8-14-40-25/h8-10,13-16,18,20,24H,5-7,11-12,17H2,1-4H3,(H,30,39)(H,31,38). The molecule has 0 bridgehead atoms. The highest BCUT2D eigenvalue weighted by molar-refractivity contribution is 7.13. The average molecular weight is 561 g/mol. The Morgan fingerprint density at radius 3 is 2.62 bits per heavy atom. The Labute approximate surface area is 238 Å². The van der Waals surface area contributed by atoms with Crippen molar-refractivity contribution in [2.24, 2.45) is 0 Å². The number of pyridine rings is 1. The highest BCUT2D eigenvalue weighted by Gasteiger charge is 2.35. The third kappa shape index (κ3) is 5.44. The Morgan fingerprint density at radius 1 is 1.15 bits per heavy atom. The Bertz CT molecular complexity index is 1480. The molecule has 1 aliphatic heterocycles. The lowest BCUT2D eigenvalue weighted by molar-refractivity contribution is -0.123. The Morgan fingerprint density at radius 2 is 1.98 bits per heavy atom. The summed E-state index contributed by atoms with van der Waals surface area (Å²) in [6.07, 6.45) is 5.29. The van der Waals surface area contributed by atoms with Crippen molar-refractivity contribution in [2.45, 2.75) is 45.7 Å². The number of thiophene rings is 1. The molecular weight excluding hydrogens is 524 g/mol. The van der Waals surface area contributed by atoms with E-state index in [1.165, 1.54) is 0 Å². The van der Waals surface area contributed by atoms with Crippen LogP contribution in [0.2, 0.25) is 0 Å². The molecule has 0 spiro atoms. The molecule has 1 aliphatic rings. The van der Waals surface area contributed by atoms with Gasteiger partial charge < -0.3 is 15.5 Å². The van der Waals surface area contributed by atoms with Crippen LogP contribution >= 0.6 is 11.3 Å². The number of amides is 2. The third-order valence-electron chi connectivity index (χ3n) is 7.65.